The van der Waals surface area contributed by atoms with E-state index in [9.17, 15) is 24.6 Å². The summed E-state index contributed by atoms with van der Waals surface area (Å²) in [7, 11) is 0. The number of carbonyl (C=O) groups excluding carboxylic acids is 2. The molecule has 0 aromatic carbocycles. The molecule has 0 aromatic heterocycles. The monoisotopic (exact) mass is 498 g/mol. The molecule has 0 rings (SSSR count). The largest absolute Gasteiger partial charge is 0.481 e. The van der Waals surface area contributed by atoms with Crippen LogP contribution >= 0.6 is 0 Å². The minimum Gasteiger partial charge on any atom is -0.481 e. The van der Waals surface area contributed by atoms with Gasteiger partial charge in [-0.1, -0.05) is 104 Å². The van der Waals surface area contributed by atoms with Gasteiger partial charge in [-0.25, -0.2) is 0 Å². The minimum atomic E-state index is -2.26. The minimum absolute atomic E-state index is 0.0912. The Morgan fingerprint density at radius 1 is 0.657 bits per heavy atom. The Labute approximate surface area is 214 Å². The van der Waals surface area contributed by atoms with E-state index in [1.165, 1.54) is 64.2 Å². The Bertz CT molecular complexity index is 584. The lowest BCUT2D eigenvalue weighted by Gasteiger charge is -2.27. The molecule has 0 aliphatic rings. The summed E-state index contributed by atoms with van der Waals surface area (Å²) in [4.78, 5) is 36.6. The van der Waals surface area contributed by atoms with E-state index in [4.69, 9.17) is 0 Å². The van der Waals surface area contributed by atoms with Crippen LogP contribution in [0.3, 0.4) is 0 Å². The Balaban J connectivity index is 4.47. The first-order valence-electron chi connectivity index (χ1n) is 14.2. The van der Waals surface area contributed by atoms with Gasteiger partial charge in [0.25, 0.3) is 5.91 Å². The van der Waals surface area contributed by atoms with Crippen molar-refractivity contribution in [1.82, 2.24) is 10.6 Å². The van der Waals surface area contributed by atoms with Crippen molar-refractivity contribution in [2.24, 2.45) is 0 Å². The number of hydrogen-bond donors (Lipinski definition) is 4. The highest BCUT2D eigenvalue weighted by Gasteiger charge is 2.41. The molecule has 0 aliphatic carbocycles. The second-order valence-electron chi connectivity index (χ2n) is 10.4. The fourth-order valence-electron chi connectivity index (χ4n) is 4.38. The molecule has 0 aromatic rings. The Morgan fingerprint density at radius 2 is 1.06 bits per heavy atom. The molecule has 7 heteroatoms. The third-order valence-electron chi connectivity index (χ3n) is 6.59. The Kier molecular flexibility index (Phi) is 19.6. The van der Waals surface area contributed by atoms with Crippen LogP contribution in [-0.4, -0.2) is 45.7 Å². The maximum atomic E-state index is 12.8. The molecule has 206 valence electrons. The predicted molar refractivity (Wildman–Crippen MR) is 142 cm³/mol. The van der Waals surface area contributed by atoms with E-state index in [1.807, 2.05) is 13.8 Å². The summed E-state index contributed by atoms with van der Waals surface area (Å²) in [5, 5.41) is 25.6. The van der Waals surface area contributed by atoms with Crippen molar-refractivity contribution in [1.29, 1.82) is 0 Å². The van der Waals surface area contributed by atoms with Gasteiger partial charge in [0, 0.05) is 12.1 Å². The number of carboxylic acid groups (broad SMARTS) is 1. The zero-order chi connectivity index (χ0) is 26.5. The number of unbranched alkanes of at least 4 members (excludes halogenated alkanes) is 12. The molecule has 7 nitrogen and oxygen atoms in total. The maximum Gasteiger partial charge on any atom is 0.306 e. The van der Waals surface area contributed by atoms with Gasteiger partial charge in [-0.2, -0.15) is 0 Å². The van der Waals surface area contributed by atoms with Crippen LogP contribution in [-0.2, 0) is 14.4 Å². The highest BCUT2D eigenvalue weighted by Crippen LogP contribution is 2.18. The predicted octanol–water partition coefficient (Wildman–Crippen LogP) is 5.87. The number of carboxylic acids is 1. The molecule has 2 amide bonds. The zero-order valence-electron chi connectivity index (χ0n) is 23.0. The van der Waals surface area contributed by atoms with Gasteiger partial charge >= 0.3 is 5.97 Å². The second kappa shape index (κ2) is 20.6. The first-order valence-corrected chi connectivity index (χ1v) is 14.2. The molecule has 0 saturated carbocycles. The molecule has 3 unspecified atom stereocenters. The van der Waals surface area contributed by atoms with Crippen LogP contribution in [0.4, 0.5) is 0 Å². The van der Waals surface area contributed by atoms with Crippen LogP contribution in [0.2, 0.25) is 0 Å². The summed E-state index contributed by atoms with van der Waals surface area (Å²) in [6.45, 7) is 8.14. The summed E-state index contributed by atoms with van der Waals surface area (Å²) >= 11 is 0. The van der Waals surface area contributed by atoms with Crippen LogP contribution in [0.25, 0.3) is 0 Å². The van der Waals surface area contributed by atoms with Gasteiger partial charge in [0.15, 0.2) is 5.60 Å². The number of amides is 2. The van der Waals surface area contributed by atoms with Gasteiger partial charge < -0.3 is 20.8 Å². The third-order valence-corrected chi connectivity index (χ3v) is 6.59. The number of hydrogen-bond acceptors (Lipinski definition) is 4. The van der Waals surface area contributed by atoms with E-state index < -0.39 is 36.2 Å². The molecule has 35 heavy (non-hydrogen) atoms. The first kappa shape index (κ1) is 33.4. The highest BCUT2D eigenvalue weighted by molar-refractivity contribution is 5.94. The fourth-order valence-corrected chi connectivity index (χ4v) is 4.38. The van der Waals surface area contributed by atoms with E-state index in [0.717, 1.165) is 38.5 Å². The standard InChI is InChI=1S/C28H54N2O5/c1-5-7-9-11-13-15-17-19-23(3)29-25(31)21-28(35,22-26(32)33)27(34)30-24(4)20-18-16-14-12-10-8-6-2/h23-24,35H,5-22H2,1-4H3,(H,29,31)(H,30,34)(H,32,33). The lowest BCUT2D eigenvalue weighted by molar-refractivity contribution is -0.155. The smallest absolute Gasteiger partial charge is 0.306 e. The van der Waals surface area contributed by atoms with Crippen molar-refractivity contribution < 1.29 is 24.6 Å². The van der Waals surface area contributed by atoms with Gasteiger partial charge in [-0.05, 0) is 26.7 Å². The van der Waals surface area contributed by atoms with Crippen LogP contribution in [0.15, 0.2) is 0 Å². The van der Waals surface area contributed by atoms with Crippen LogP contribution in [0, 0.1) is 0 Å². The molecular formula is C28H54N2O5. The van der Waals surface area contributed by atoms with E-state index in [0.29, 0.717) is 0 Å². The van der Waals surface area contributed by atoms with E-state index in [1.54, 1.807) is 0 Å². The summed E-state index contributed by atoms with van der Waals surface area (Å²) in [6, 6.07) is -0.288. The van der Waals surface area contributed by atoms with Crippen molar-refractivity contribution in [2.75, 3.05) is 0 Å². The van der Waals surface area contributed by atoms with Gasteiger partial charge in [0.05, 0.1) is 12.8 Å². The van der Waals surface area contributed by atoms with Crippen molar-refractivity contribution in [3.63, 3.8) is 0 Å². The highest BCUT2D eigenvalue weighted by atomic mass is 16.4. The average Bonchev–Trinajstić information content (AvgIpc) is 2.77. The molecule has 0 radical (unpaired) electrons. The van der Waals surface area contributed by atoms with Crippen molar-refractivity contribution >= 4 is 17.8 Å². The first-order chi connectivity index (χ1) is 16.6. The number of carbonyl (C=O) groups is 3. The van der Waals surface area contributed by atoms with E-state index in [2.05, 4.69) is 24.5 Å². The Morgan fingerprint density at radius 3 is 1.49 bits per heavy atom. The van der Waals surface area contributed by atoms with Gasteiger partial charge in [0.2, 0.25) is 5.91 Å². The number of rotatable bonds is 23. The SMILES string of the molecule is CCCCCCCCCC(C)NC(=O)CC(O)(CC(=O)O)C(=O)NC(C)CCCCCCCCC. The molecule has 0 saturated heterocycles. The molecule has 3 atom stereocenters. The van der Waals surface area contributed by atoms with Gasteiger partial charge in [-0.3, -0.25) is 14.4 Å². The number of aliphatic carboxylic acids is 1. The zero-order valence-corrected chi connectivity index (χ0v) is 23.0. The molecule has 0 bridgehead atoms. The molecule has 0 fully saturated rings. The normalized spacial score (nSPS) is 14.7. The van der Waals surface area contributed by atoms with Crippen molar-refractivity contribution in [3.05, 3.63) is 0 Å². The maximum absolute atomic E-state index is 12.8. The molecule has 4 N–H and O–H groups in total. The van der Waals surface area contributed by atoms with E-state index >= 15 is 0 Å². The molecule has 0 heterocycles. The van der Waals surface area contributed by atoms with Crippen LogP contribution in [0.1, 0.15) is 143 Å². The summed E-state index contributed by atoms with van der Waals surface area (Å²) in [5.41, 5.74) is -2.26. The fraction of sp³-hybridized carbons (Fsp3) is 0.893. The van der Waals surface area contributed by atoms with Crippen LogP contribution in [0.5, 0.6) is 0 Å². The number of aliphatic hydroxyl groups is 1. The molecule has 0 aliphatic heterocycles. The topological polar surface area (TPSA) is 116 Å². The lowest BCUT2D eigenvalue weighted by atomic mass is 9.93. The van der Waals surface area contributed by atoms with Gasteiger partial charge in [0.1, 0.15) is 0 Å². The number of nitrogens with one attached hydrogen (secondary N) is 2. The summed E-state index contributed by atoms with van der Waals surface area (Å²) in [5.74, 6) is -2.60. The van der Waals surface area contributed by atoms with Crippen molar-refractivity contribution in [2.45, 2.75) is 161 Å². The molecular weight excluding hydrogens is 444 g/mol. The second-order valence-corrected chi connectivity index (χ2v) is 10.4. The van der Waals surface area contributed by atoms with E-state index in [-0.39, 0.29) is 12.1 Å². The molecule has 0 spiro atoms. The quantitative estimate of drug-likeness (QED) is 0.131. The van der Waals surface area contributed by atoms with Crippen LogP contribution < -0.4 is 10.6 Å². The summed E-state index contributed by atoms with van der Waals surface area (Å²) < 4.78 is 0. The Hall–Kier alpha value is -1.63. The lowest BCUT2D eigenvalue weighted by Crippen LogP contribution is -2.53. The van der Waals surface area contributed by atoms with Crippen molar-refractivity contribution in [3.8, 4) is 0 Å². The third kappa shape index (κ3) is 18.3. The average molecular weight is 499 g/mol. The summed E-state index contributed by atoms with van der Waals surface area (Å²) in [6.07, 6.45) is 16.7. The van der Waals surface area contributed by atoms with Gasteiger partial charge in [-0.15, -0.1) is 0 Å².